The van der Waals surface area contributed by atoms with Crippen molar-refractivity contribution in [3.63, 3.8) is 0 Å². The van der Waals surface area contributed by atoms with E-state index in [2.05, 4.69) is 30.7 Å². The Morgan fingerprint density at radius 2 is 2.00 bits per heavy atom. The minimum absolute atomic E-state index is 0.0134. The van der Waals surface area contributed by atoms with Crippen LogP contribution in [0.1, 0.15) is 24.4 Å². The monoisotopic (exact) mass is 384 g/mol. The molecule has 0 spiro atoms. The zero-order chi connectivity index (χ0) is 15.6. The van der Waals surface area contributed by atoms with Gasteiger partial charge in [0, 0.05) is 11.0 Å². The second kappa shape index (κ2) is 6.47. The first-order chi connectivity index (χ1) is 10.5. The van der Waals surface area contributed by atoms with Crippen molar-refractivity contribution < 1.29 is 8.42 Å². The van der Waals surface area contributed by atoms with Crippen molar-refractivity contribution in [2.24, 2.45) is 5.92 Å². The molecule has 0 atom stereocenters. The highest BCUT2D eigenvalue weighted by atomic mass is 79.9. The molecule has 1 aromatic heterocycles. The van der Waals surface area contributed by atoms with Crippen LogP contribution in [0.3, 0.4) is 0 Å². The van der Waals surface area contributed by atoms with Crippen LogP contribution in [0.2, 0.25) is 0 Å². The fourth-order valence-electron chi connectivity index (χ4n) is 2.59. The largest absolute Gasteiger partial charge is 0.250 e. The maximum absolute atomic E-state index is 12.1. The van der Waals surface area contributed by atoms with Crippen LogP contribution in [0, 0.1) is 5.92 Å². The Hall–Kier alpha value is -1.25. The van der Waals surface area contributed by atoms with Crippen molar-refractivity contribution in [1.82, 2.24) is 19.5 Å². The maximum atomic E-state index is 12.1. The Kier molecular flexibility index (Phi) is 4.60. The zero-order valence-electron chi connectivity index (χ0n) is 11.9. The summed E-state index contributed by atoms with van der Waals surface area (Å²) in [4.78, 5) is 3.93. The predicted octanol–water partition coefficient (Wildman–Crippen LogP) is 2.11. The number of aromatic nitrogens is 3. The highest BCUT2D eigenvalue weighted by Crippen LogP contribution is 2.36. The average molecular weight is 385 g/mol. The fourth-order valence-corrected chi connectivity index (χ4v) is 4.07. The quantitative estimate of drug-likeness (QED) is 0.827. The normalized spacial score (nSPS) is 21.5. The van der Waals surface area contributed by atoms with E-state index in [1.54, 1.807) is 6.33 Å². The van der Waals surface area contributed by atoms with Gasteiger partial charge in [-0.05, 0) is 36.5 Å². The summed E-state index contributed by atoms with van der Waals surface area (Å²) < 4.78 is 29.7. The molecule has 1 N–H and O–H groups in total. The molecule has 1 aliphatic carbocycles. The van der Waals surface area contributed by atoms with Crippen LogP contribution >= 0.6 is 15.9 Å². The van der Waals surface area contributed by atoms with Crippen molar-refractivity contribution in [2.75, 3.05) is 6.54 Å². The number of nitrogens with one attached hydrogen (secondary N) is 1. The molecule has 0 bridgehead atoms. The van der Waals surface area contributed by atoms with Crippen LogP contribution in [0.5, 0.6) is 0 Å². The number of rotatable bonds is 6. The van der Waals surface area contributed by atoms with Gasteiger partial charge in [0.25, 0.3) is 0 Å². The van der Waals surface area contributed by atoms with E-state index in [1.807, 2.05) is 28.9 Å². The van der Waals surface area contributed by atoms with Gasteiger partial charge >= 0.3 is 0 Å². The molecule has 3 rings (SSSR count). The minimum Gasteiger partial charge on any atom is -0.250 e. The second-order valence-corrected chi connectivity index (χ2v) is 8.32. The smallest absolute Gasteiger partial charge is 0.215 e. The Labute approximate surface area is 138 Å². The lowest BCUT2D eigenvalue weighted by molar-refractivity contribution is 0.185. The molecule has 6 nitrogen and oxygen atoms in total. The van der Waals surface area contributed by atoms with Crippen LogP contribution in [-0.4, -0.2) is 29.7 Å². The Balaban J connectivity index is 1.46. The second-order valence-electron chi connectivity index (χ2n) is 5.60. The lowest BCUT2D eigenvalue weighted by Gasteiger charge is -2.35. The molecule has 1 aromatic carbocycles. The van der Waals surface area contributed by atoms with Crippen molar-refractivity contribution in [3.8, 4) is 0 Å². The summed E-state index contributed by atoms with van der Waals surface area (Å²) in [5.74, 6) is 0.383. The molecular weight excluding hydrogens is 368 g/mol. The van der Waals surface area contributed by atoms with Gasteiger partial charge in [0.1, 0.15) is 12.7 Å². The van der Waals surface area contributed by atoms with E-state index in [9.17, 15) is 8.42 Å². The molecule has 2 aromatic rings. The van der Waals surface area contributed by atoms with Crippen LogP contribution in [0.15, 0.2) is 41.4 Å². The highest BCUT2D eigenvalue weighted by Gasteiger charge is 2.31. The van der Waals surface area contributed by atoms with Gasteiger partial charge in [-0.15, -0.1) is 0 Å². The van der Waals surface area contributed by atoms with Crippen molar-refractivity contribution in [2.45, 2.75) is 24.6 Å². The number of hydrogen-bond donors (Lipinski definition) is 1. The predicted molar refractivity (Wildman–Crippen MR) is 86.6 cm³/mol. The van der Waals surface area contributed by atoms with Gasteiger partial charge in [-0.1, -0.05) is 28.1 Å². The van der Waals surface area contributed by atoms with Crippen LogP contribution < -0.4 is 4.72 Å². The molecule has 0 aliphatic heterocycles. The summed E-state index contributed by atoms with van der Waals surface area (Å²) in [5.41, 5.74) is 0.782. The van der Waals surface area contributed by atoms with Gasteiger partial charge in [-0.3, -0.25) is 0 Å². The number of halogens is 1. The molecule has 118 valence electrons. The third-order valence-corrected chi connectivity index (χ3v) is 5.73. The summed E-state index contributed by atoms with van der Waals surface area (Å²) >= 11 is 3.34. The first-order valence-electron chi connectivity index (χ1n) is 7.08. The first kappa shape index (κ1) is 15.6. The van der Waals surface area contributed by atoms with E-state index in [1.165, 1.54) is 6.33 Å². The molecule has 1 fully saturated rings. The number of sulfonamides is 1. The molecular formula is C14H17BrN4O2S. The first-order valence-corrected chi connectivity index (χ1v) is 9.52. The lowest BCUT2D eigenvalue weighted by Crippen LogP contribution is -2.37. The summed E-state index contributed by atoms with van der Waals surface area (Å²) in [6.45, 7) is 0.490. The SMILES string of the molecule is O=S(=O)(Cc1ccc(Br)cc1)NCC1CC(n2cncn2)C1. The number of benzene rings is 1. The molecule has 0 saturated heterocycles. The maximum Gasteiger partial charge on any atom is 0.215 e. The number of hydrogen-bond acceptors (Lipinski definition) is 4. The van der Waals surface area contributed by atoms with E-state index in [-0.39, 0.29) is 5.75 Å². The Morgan fingerprint density at radius 1 is 1.27 bits per heavy atom. The van der Waals surface area contributed by atoms with E-state index in [0.29, 0.717) is 18.5 Å². The van der Waals surface area contributed by atoms with Gasteiger partial charge in [0.05, 0.1) is 11.8 Å². The van der Waals surface area contributed by atoms with E-state index in [0.717, 1.165) is 22.9 Å². The third-order valence-electron chi connectivity index (χ3n) is 3.88. The van der Waals surface area contributed by atoms with Crippen molar-refractivity contribution in [1.29, 1.82) is 0 Å². The molecule has 8 heteroatoms. The standard InChI is InChI=1S/C14H17BrN4O2S/c15-13-3-1-11(2-4-13)8-22(20,21)18-7-12-5-14(6-12)19-10-16-9-17-19/h1-4,9-10,12,14,18H,5-8H2. The van der Waals surface area contributed by atoms with Gasteiger partial charge in [-0.2, -0.15) is 5.10 Å². The van der Waals surface area contributed by atoms with Gasteiger partial charge in [-0.25, -0.2) is 22.8 Å². The average Bonchev–Trinajstić information content (AvgIpc) is 2.93. The zero-order valence-corrected chi connectivity index (χ0v) is 14.3. The lowest BCUT2D eigenvalue weighted by atomic mass is 9.80. The van der Waals surface area contributed by atoms with Crippen LogP contribution in [-0.2, 0) is 15.8 Å². The minimum atomic E-state index is -3.29. The van der Waals surface area contributed by atoms with E-state index in [4.69, 9.17) is 0 Å². The molecule has 1 heterocycles. The molecule has 1 aliphatic rings. The Morgan fingerprint density at radius 3 is 2.64 bits per heavy atom. The summed E-state index contributed by atoms with van der Waals surface area (Å²) in [7, 11) is -3.29. The summed E-state index contributed by atoms with van der Waals surface area (Å²) in [6.07, 6.45) is 5.10. The van der Waals surface area contributed by atoms with E-state index >= 15 is 0 Å². The third kappa shape index (κ3) is 3.93. The van der Waals surface area contributed by atoms with Crippen LogP contribution in [0.4, 0.5) is 0 Å². The van der Waals surface area contributed by atoms with Crippen LogP contribution in [0.25, 0.3) is 0 Å². The molecule has 0 amide bonds. The topological polar surface area (TPSA) is 76.9 Å². The highest BCUT2D eigenvalue weighted by molar-refractivity contribution is 9.10. The van der Waals surface area contributed by atoms with E-state index < -0.39 is 10.0 Å². The van der Waals surface area contributed by atoms with Gasteiger partial charge in [0.2, 0.25) is 10.0 Å². The van der Waals surface area contributed by atoms with Crippen molar-refractivity contribution in [3.05, 3.63) is 47.0 Å². The van der Waals surface area contributed by atoms with Crippen molar-refractivity contribution >= 4 is 26.0 Å². The van der Waals surface area contributed by atoms with Gasteiger partial charge in [0.15, 0.2) is 0 Å². The summed E-state index contributed by atoms with van der Waals surface area (Å²) in [6, 6.07) is 7.67. The molecule has 0 radical (unpaired) electrons. The molecule has 0 unspecified atom stereocenters. The van der Waals surface area contributed by atoms with Gasteiger partial charge < -0.3 is 0 Å². The fraction of sp³-hybridized carbons (Fsp3) is 0.429. The Bertz CT molecular complexity index is 710. The molecule has 22 heavy (non-hydrogen) atoms. The number of nitrogens with zero attached hydrogens (tertiary/aromatic N) is 3. The molecule has 1 saturated carbocycles. The summed E-state index contributed by atoms with van der Waals surface area (Å²) in [5, 5.41) is 4.11.